The first kappa shape index (κ1) is 8.57. The standard InChI is InChI=1S/C11H15NO/c1-13-11-5-3-2-4-9(11)8-6-7-10(8)12/h2-5,8,10H,6-7,12H2,1H3. The van der Waals surface area contributed by atoms with Crippen molar-refractivity contribution < 1.29 is 4.74 Å². The van der Waals surface area contributed by atoms with Crippen LogP contribution in [0.4, 0.5) is 0 Å². The van der Waals surface area contributed by atoms with Crippen molar-refractivity contribution in [2.45, 2.75) is 24.8 Å². The highest BCUT2D eigenvalue weighted by Crippen LogP contribution is 2.39. The number of ether oxygens (including phenoxy) is 1. The first-order chi connectivity index (χ1) is 6.33. The first-order valence-corrected chi connectivity index (χ1v) is 4.71. The molecule has 2 rings (SSSR count). The summed E-state index contributed by atoms with van der Waals surface area (Å²) in [7, 11) is 1.71. The fourth-order valence-corrected chi connectivity index (χ4v) is 1.88. The summed E-state index contributed by atoms with van der Waals surface area (Å²) < 4.78 is 5.29. The second kappa shape index (κ2) is 3.38. The Kier molecular flexibility index (Phi) is 2.23. The summed E-state index contributed by atoms with van der Waals surface area (Å²) in [5.41, 5.74) is 7.19. The van der Waals surface area contributed by atoms with Gasteiger partial charge in [0.2, 0.25) is 0 Å². The number of methoxy groups -OCH3 is 1. The summed E-state index contributed by atoms with van der Waals surface area (Å²) in [5.74, 6) is 1.48. The Hall–Kier alpha value is -1.02. The fraction of sp³-hybridized carbons (Fsp3) is 0.455. The van der Waals surface area contributed by atoms with Crippen LogP contribution in [0.5, 0.6) is 5.75 Å². The Balaban J connectivity index is 2.28. The summed E-state index contributed by atoms with van der Waals surface area (Å²) in [4.78, 5) is 0. The van der Waals surface area contributed by atoms with E-state index in [2.05, 4.69) is 6.07 Å². The molecule has 70 valence electrons. The zero-order valence-corrected chi connectivity index (χ0v) is 7.86. The number of hydrogen-bond donors (Lipinski definition) is 1. The predicted octanol–water partition coefficient (Wildman–Crippen LogP) is 1.90. The molecule has 1 aromatic rings. The monoisotopic (exact) mass is 177 g/mol. The third-order valence-corrected chi connectivity index (χ3v) is 2.87. The maximum Gasteiger partial charge on any atom is 0.122 e. The van der Waals surface area contributed by atoms with Gasteiger partial charge >= 0.3 is 0 Å². The van der Waals surface area contributed by atoms with Crippen molar-refractivity contribution in [1.82, 2.24) is 0 Å². The van der Waals surface area contributed by atoms with E-state index in [9.17, 15) is 0 Å². The van der Waals surface area contributed by atoms with Crippen molar-refractivity contribution in [3.63, 3.8) is 0 Å². The number of nitrogens with two attached hydrogens (primary N) is 1. The molecule has 0 saturated heterocycles. The predicted molar refractivity (Wildman–Crippen MR) is 52.9 cm³/mol. The smallest absolute Gasteiger partial charge is 0.122 e. The van der Waals surface area contributed by atoms with Crippen LogP contribution < -0.4 is 10.5 Å². The number of para-hydroxylation sites is 1. The molecule has 2 N–H and O–H groups in total. The van der Waals surface area contributed by atoms with Crippen LogP contribution in [0, 0.1) is 0 Å². The summed E-state index contributed by atoms with van der Waals surface area (Å²) in [6, 6.07) is 8.48. The van der Waals surface area contributed by atoms with E-state index in [1.54, 1.807) is 7.11 Å². The van der Waals surface area contributed by atoms with Crippen molar-refractivity contribution in [3.05, 3.63) is 29.8 Å². The number of hydrogen-bond acceptors (Lipinski definition) is 2. The molecule has 2 atom stereocenters. The van der Waals surface area contributed by atoms with Gasteiger partial charge in [-0.2, -0.15) is 0 Å². The molecule has 0 aliphatic heterocycles. The van der Waals surface area contributed by atoms with E-state index < -0.39 is 0 Å². The molecule has 0 amide bonds. The van der Waals surface area contributed by atoms with Crippen LogP contribution in [0.3, 0.4) is 0 Å². The van der Waals surface area contributed by atoms with Crippen molar-refractivity contribution in [2.24, 2.45) is 5.73 Å². The SMILES string of the molecule is COc1ccccc1C1CCC1N. The average molecular weight is 177 g/mol. The van der Waals surface area contributed by atoms with Crippen LogP contribution in [-0.4, -0.2) is 13.2 Å². The summed E-state index contributed by atoms with van der Waals surface area (Å²) in [5, 5.41) is 0. The highest BCUT2D eigenvalue weighted by molar-refractivity contribution is 5.38. The molecular weight excluding hydrogens is 162 g/mol. The summed E-state index contributed by atoms with van der Waals surface area (Å²) in [6.45, 7) is 0. The van der Waals surface area contributed by atoms with Gasteiger partial charge in [0.25, 0.3) is 0 Å². The largest absolute Gasteiger partial charge is 0.496 e. The minimum atomic E-state index is 0.330. The molecule has 0 heterocycles. The number of benzene rings is 1. The molecule has 1 saturated carbocycles. The number of rotatable bonds is 2. The highest BCUT2D eigenvalue weighted by Gasteiger charge is 2.30. The van der Waals surface area contributed by atoms with Gasteiger partial charge in [0.15, 0.2) is 0 Å². The second-order valence-corrected chi connectivity index (χ2v) is 3.59. The molecule has 1 aliphatic carbocycles. The zero-order chi connectivity index (χ0) is 9.26. The quantitative estimate of drug-likeness (QED) is 0.748. The van der Waals surface area contributed by atoms with Crippen molar-refractivity contribution in [2.75, 3.05) is 7.11 Å². The van der Waals surface area contributed by atoms with Crippen LogP contribution >= 0.6 is 0 Å². The molecule has 1 aliphatic rings. The molecule has 13 heavy (non-hydrogen) atoms. The maximum absolute atomic E-state index is 5.92. The molecule has 2 heteroatoms. The van der Waals surface area contributed by atoms with Gasteiger partial charge in [0.1, 0.15) is 5.75 Å². The van der Waals surface area contributed by atoms with Gasteiger partial charge in [-0.1, -0.05) is 18.2 Å². The van der Waals surface area contributed by atoms with Crippen LogP contribution in [0.1, 0.15) is 24.3 Å². The molecular formula is C11H15NO. The third-order valence-electron chi connectivity index (χ3n) is 2.87. The minimum absolute atomic E-state index is 0.330. The van der Waals surface area contributed by atoms with Crippen molar-refractivity contribution in [1.29, 1.82) is 0 Å². The normalized spacial score (nSPS) is 26.6. The zero-order valence-electron chi connectivity index (χ0n) is 7.86. The van der Waals surface area contributed by atoms with Crippen molar-refractivity contribution in [3.8, 4) is 5.75 Å². The lowest BCUT2D eigenvalue weighted by molar-refractivity contribution is 0.329. The Morgan fingerprint density at radius 1 is 1.31 bits per heavy atom. The lowest BCUT2D eigenvalue weighted by Gasteiger charge is -2.34. The third kappa shape index (κ3) is 1.42. The van der Waals surface area contributed by atoms with Gasteiger partial charge in [-0.3, -0.25) is 0 Å². The van der Waals surface area contributed by atoms with Gasteiger partial charge in [-0.25, -0.2) is 0 Å². The van der Waals surface area contributed by atoms with Crippen LogP contribution in [0.2, 0.25) is 0 Å². The molecule has 0 bridgehead atoms. The van der Waals surface area contributed by atoms with Gasteiger partial charge < -0.3 is 10.5 Å². The summed E-state index contributed by atoms with van der Waals surface area (Å²) in [6.07, 6.45) is 2.34. The fourth-order valence-electron chi connectivity index (χ4n) is 1.88. The van der Waals surface area contributed by atoms with Gasteiger partial charge in [-0.05, 0) is 24.5 Å². The van der Waals surface area contributed by atoms with E-state index in [0.29, 0.717) is 12.0 Å². The first-order valence-electron chi connectivity index (χ1n) is 4.71. The Labute approximate surface area is 78.7 Å². The van der Waals surface area contributed by atoms with Gasteiger partial charge in [-0.15, -0.1) is 0 Å². The van der Waals surface area contributed by atoms with E-state index in [1.807, 2.05) is 18.2 Å². The Morgan fingerprint density at radius 3 is 2.62 bits per heavy atom. The second-order valence-electron chi connectivity index (χ2n) is 3.59. The molecule has 1 aromatic carbocycles. The Bertz CT molecular complexity index is 298. The van der Waals surface area contributed by atoms with E-state index in [1.165, 1.54) is 12.0 Å². The molecule has 2 unspecified atom stereocenters. The minimum Gasteiger partial charge on any atom is -0.496 e. The molecule has 1 fully saturated rings. The average Bonchev–Trinajstić information content (AvgIpc) is 2.16. The van der Waals surface area contributed by atoms with E-state index in [0.717, 1.165) is 12.2 Å². The molecule has 0 radical (unpaired) electrons. The van der Waals surface area contributed by atoms with Gasteiger partial charge in [0, 0.05) is 12.0 Å². The van der Waals surface area contributed by atoms with Crippen LogP contribution in [0.25, 0.3) is 0 Å². The Morgan fingerprint density at radius 2 is 2.08 bits per heavy atom. The molecule has 2 nitrogen and oxygen atoms in total. The van der Waals surface area contributed by atoms with Gasteiger partial charge in [0.05, 0.1) is 7.11 Å². The lowest BCUT2D eigenvalue weighted by Crippen LogP contribution is -2.37. The molecule has 0 aromatic heterocycles. The van der Waals surface area contributed by atoms with E-state index in [4.69, 9.17) is 10.5 Å². The van der Waals surface area contributed by atoms with Crippen LogP contribution in [0.15, 0.2) is 24.3 Å². The highest BCUT2D eigenvalue weighted by atomic mass is 16.5. The van der Waals surface area contributed by atoms with Crippen molar-refractivity contribution >= 4 is 0 Å². The summed E-state index contributed by atoms with van der Waals surface area (Å²) >= 11 is 0. The van der Waals surface area contributed by atoms with Crippen LogP contribution in [-0.2, 0) is 0 Å². The van der Waals surface area contributed by atoms with E-state index in [-0.39, 0.29) is 0 Å². The topological polar surface area (TPSA) is 35.2 Å². The maximum atomic E-state index is 5.92. The lowest BCUT2D eigenvalue weighted by atomic mass is 9.75. The van der Waals surface area contributed by atoms with E-state index >= 15 is 0 Å². The molecule has 0 spiro atoms.